The monoisotopic (exact) mass is 326 g/mol. The van der Waals surface area contributed by atoms with Crippen LogP contribution in [-0.2, 0) is 6.54 Å². The standard InChI is InChI=1S/C17H24F2N2O2/c1-2-22-16-9-12(3-6-15(16)23-17(18)19)10-21-8-7-13-4-5-14(11-21)20-13/h3,6,9,13-14,17,20H,2,4-5,7-8,10-11H2,1H3. The third-order valence-electron chi connectivity index (χ3n) is 4.54. The topological polar surface area (TPSA) is 33.7 Å². The molecule has 1 aromatic rings. The molecule has 0 amide bonds. The van der Waals surface area contributed by atoms with Gasteiger partial charge in [0.25, 0.3) is 0 Å². The van der Waals surface area contributed by atoms with Gasteiger partial charge in [0.2, 0.25) is 0 Å². The van der Waals surface area contributed by atoms with Gasteiger partial charge in [0.15, 0.2) is 11.5 Å². The molecule has 1 aromatic carbocycles. The number of halogens is 2. The Balaban J connectivity index is 1.68. The molecule has 2 atom stereocenters. The lowest BCUT2D eigenvalue weighted by Crippen LogP contribution is -2.34. The second-order valence-electron chi connectivity index (χ2n) is 6.25. The first-order valence-corrected chi connectivity index (χ1v) is 8.33. The summed E-state index contributed by atoms with van der Waals surface area (Å²) in [5, 5.41) is 3.66. The molecule has 23 heavy (non-hydrogen) atoms. The van der Waals surface area contributed by atoms with Gasteiger partial charge in [-0.15, -0.1) is 0 Å². The second-order valence-corrected chi connectivity index (χ2v) is 6.25. The average Bonchev–Trinajstić information content (AvgIpc) is 2.84. The number of ether oxygens (including phenoxy) is 2. The van der Waals surface area contributed by atoms with Crippen molar-refractivity contribution in [1.82, 2.24) is 10.2 Å². The minimum Gasteiger partial charge on any atom is -0.490 e. The third-order valence-corrected chi connectivity index (χ3v) is 4.54. The van der Waals surface area contributed by atoms with Crippen LogP contribution in [0.4, 0.5) is 8.78 Å². The lowest BCUT2D eigenvalue weighted by Gasteiger charge is -2.24. The van der Waals surface area contributed by atoms with Crippen molar-refractivity contribution in [3.63, 3.8) is 0 Å². The molecule has 3 rings (SSSR count). The molecule has 2 aliphatic heterocycles. The summed E-state index contributed by atoms with van der Waals surface area (Å²) in [5.74, 6) is 0.488. The first-order valence-electron chi connectivity index (χ1n) is 8.33. The lowest BCUT2D eigenvalue weighted by atomic mass is 10.1. The highest BCUT2D eigenvalue weighted by Crippen LogP contribution is 2.31. The van der Waals surface area contributed by atoms with E-state index in [4.69, 9.17) is 4.74 Å². The number of hydrogen-bond donors (Lipinski definition) is 1. The summed E-state index contributed by atoms with van der Waals surface area (Å²) in [6, 6.07) is 6.48. The maximum absolute atomic E-state index is 12.5. The van der Waals surface area contributed by atoms with Crippen LogP contribution >= 0.6 is 0 Å². The van der Waals surface area contributed by atoms with E-state index in [1.807, 2.05) is 19.1 Å². The van der Waals surface area contributed by atoms with Crippen molar-refractivity contribution in [1.29, 1.82) is 0 Å². The van der Waals surface area contributed by atoms with Gasteiger partial charge in [0, 0.05) is 31.7 Å². The highest BCUT2D eigenvalue weighted by Gasteiger charge is 2.29. The molecule has 0 saturated carbocycles. The van der Waals surface area contributed by atoms with E-state index >= 15 is 0 Å². The number of rotatable bonds is 6. The van der Waals surface area contributed by atoms with Crippen LogP contribution < -0.4 is 14.8 Å². The van der Waals surface area contributed by atoms with Gasteiger partial charge >= 0.3 is 6.61 Å². The molecule has 6 heteroatoms. The molecular weight excluding hydrogens is 302 g/mol. The summed E-state index contributed by atoms with van der Waals surface area (Å²) < 4.78 is 34.9. The number of likely N-dealkylation sites (tertiary alicyclic amines) is 1. The van der Waals surface area contributed by atoms with Crippen LogP contribution in [0.15, 0.2) is 18.2 Å². The SMILES string of the molecule is CCOc1cc(CN2CCC3CCC(C2)N3)ccc1OC(F)F. The molecule has 128 valence electrons. The van der Waals surface area contributed by atoms with Crippen molar-refractivity contribution >= 4 is 0 Å². The van der Waals surface area contributed by atoms with Gasteiger partial charge < -0.3 is 14.8 Å². The largest absolute Gasteiger partial charge is 0.490 e. The van der Waals surface area contributed by atoms with Crippen molar-refractivity contribution in [2.45, 2.75) is 51.4 Å². The van der Waals surface area contributed by atoms with E-state index in [0.29, 0.717) is 24.4 Å². The zero-order chi connectivity index (χ0) is 16.2. The molecule has 0 aromatic heterocycles. The van der Waals surface area contributed by atoms with Gasteiger partial charge in [-0.2, -0.15) is 8.78 Å². The van der Waals surface area contributed by atoms with Gasteiger partial charge in [0.1, 0.15) is 0 Å². The number of benzene rings is 1. The molecular formula is C17H24F2N2O2. The van der Waals surface area contributed by atoms with Crippen LogP contribution in [0.3, 0.4) is 0 Å². The summed E-state index contributed by atoms with van der Waals surface area (Å²) in [4.78, 5) is 2.43. The van der Waals surface area contributed by atoms with E-state index in [9.17, 15) is 8.78 Å². The van der Waals surface area contributed by atoms with E-state index in [1.54, 1.807) is 6.07 Å². The van der Waals surface area contributed by atoms with Crippen molar-refractivity contribution in [3.8, 4) is 11.5 Å². The minimum absolute atomic E-state index is 0.0992. The normalized spacial score (nSPS) is 24.7. The molecule has 0 spiro atoms. The molecule has 4 nitrogen and oxygen atoms in total. The van der Waals surface area contributed by atoms with Gasteiger partial charge in [0.05, 0.1) is 6.61 Å². The molecule has 1 N–H and O–H groups in total. The van der Waals surface area contributed by atoms with Crippen LogP contribution in [0.5, 0.6) is 11.5 Å². The number of nitrogens with one attached hydrogen (secondary N) is 1. The van der Waals surface area contributed by atoms with E-state index in [0.717, 1.165) is 25.2 Å². The minimum atomic E-state index is -2.84. The predicted octanol–water partition coefficient (Wildman–Crippen LogP) is 3.01. The highest BCUT2D eigenvalue weighted by atomic mass is 19.3. The average molecular weight is 326 g/mol. The maximum Gasteiger partial charge on any atom is 0.387 e. The van der Waals surface area contributed by atoms with Gasteiger partial charge in [-0.25, -0.2) is 0 Å². The van der Waals surface area contributed by atoms with Gasteiger partial charge in [-0.3, -0.25) is 4.90 Å². The maximum atomic E-state index is 12.5. The Bertz CT molecular complexity index is 527. The molecule has 2 fully saturated rings. The van der Waals surface area contributed by atoms with Crippen molar-refractivity contribution < 1.29 is 18.3 Å². The summed E-state index contributed by atoms with van der Waals surface area (Å²) in [6.45, 7) is 2.31. The van der Waals surface area contributed by atoms with E-state index in [-0.39, 0.29) is 5.75 Å². The molecule has 2 saturated heterocycles. The molecule has 2 bridgehead atoms. The van der Waals surface area contributed by atoms with E-state index in [1.165, 1.54) is 19.3 Å². The number of hydrogen-bond acceptors (Lipinski definition) is 4. The van der Waals surface area contributed by atoms with Crippen LogP contribution in [0.2, 0.25) is 0 Å². The summed E-state index contributed by atoms with van der Waals surface area (Å²) in [5.41, 5.74) is 1.06. The first kappa shape index (κ1) is 16.5. The van der Waals surface area contributed by atoms with Crippen LogP contribution in [0.1, 0.15) is 31.7 Å². The zero-order valence-corrected chi connectivity index (χ0v) is 13.4. The molecule has 0 aliphatic carbocycles. The van der Waals surface area contributed by atoms with Crippen LogP contribution in [-0.4, -0.2) is 43.3 Å². The Hall–Kier alpha value is -1.40. The Kier molecular flexibility index (Phi) is 5.33. The highest BCUT2D eigenvalue weighted by molar-refractivity contribution is 5.43. The lowest BCUT2D eigenvalue weighted by molar-refractivity contribution is -0.0514. The Labute approximate surface area is 135 Å². The number of alkyl halides is 2. The quantitative estimate of drug-likeness (QED) is 0.871. The smallest absolute Gasteiger partial charge is 0.387 e. The van der Waals surface area contributed by atoms with Gasteiger partial charge in [-0.1, -0.05) is 6.07 Å². The van der Waals surface area contributed by atoms with Crippen molar-refractivity contribution in [3.05, 3.63) is 23.8 Å². The predicted molar refractivity (Wildman–Crippen MR) is 84.1 cm³/mol. The molecule has 0 radical (unpaired) electrons. The fourth-order valence-corrected chi connectivity index (χ4v) is 3.53. The fourth-order valence-electron chi connectivity index (χ4n) is 3.53. The summed E-state index contributed by atoms with van der Waals surface area (Å²) in [7, 11) is 0. The fraction of sp³-hybridized carbons (Fsp3) is 0.647. The Morgan fingerprint density at radius 2 is 2.04 bits per heavy atom. The Morgan fingerprint density at radius 1 is 1.22 bits per heavy atom. The molecule has 2 aliphatic rings. The molecule has 2 unspecified atom stereocenters. The zero-order valence-electron chi connectivity index (χ0n) is 13.4. The van der Waals surface area contributed by atoms with E-state index < -0.39 is 6.61 Å². The number of nitrogens with zero attached hydrogens (tertiary/aromatic N) is 1. The van der Waals surface area contributed by atoms with Crippen molar-refractivity contribution in [2.75, 3.05) is 19.7 Å². The summed E-state index contributed by atoms with van der Waals surface area (Å²) >= 11 is 0. The molecule has 2 heterocycles. The second kappa shape index (κ2) is 7.45. The van der Waals surface area contributed by atoms with Crippen molar-refractivity contribution in [2.24, 2.45) is 0 Å². The summed E-state index contributed by atoms with van der Waals surface area (Å²) in [6.07, 6.45) is 3.70. The van der Waals surface area contributed by atoms with Crippen LogP contribution in [0.25, 0.3) is 0 Å². The Morgan fingerprint density at radius 3 is 2.83 bits per heavy atom. The van der Waals surface area contributed by atoms with Crippen LogP contribution in [0, 0.1) is 0 Å². The van der Waals surface area contributed by atoms with E-state index in [2.05, 4.69) is 15.0 Å². The first-order chi connectivity index (χ1) is 11.1. The van der Waals surface area contributed by atoms with Gasteiger partial charge in [-0.05, 0) is 43.9 Å². The third kappa shape index (κ3) is 4.32. The number of fused-ring (bicyclic) bond motifs is 2.